The first-order valence-corrected chi connectivity index (χ1v) is 12.6. The zero-order valence-electron chi connectivity index (χ0n) is 23.0. The number of carbonyl (C=O) groups excluding carboxylic acids is 3. The summed E-state index contributed by atoms with van der Waals surface area (Å²) in [5, 5.41) is 35.0. The second kappa shape index (κ2) is 14.5. The number of hydrogen-bond acceptors (Lipinski definition) is 8. The summed E-state index contributed by atoms with van der Waals surface area (Å²) >= 11 is 0. The van der Waals surface area contributed by atoms with Crippen LogP contribution in [0.4, 0.5) is 0 Å². The Balaban J connectivity index is 3.09. The predicted molar refractivity (Wildman–Crippen MR) is 137 cm³/mol. The molecule has 6 N–H and O–H groups in total. The molecule has 0 aromatic carbocycles. The number of nitrogens with one attached hydrogen (secondary N) is 4. The molecule has 1 rings (SSSR count). The van der Waals surface area contributed by atoms with Gasteiger partial charge in [0.25, 0.3) is 0 Å². The molecule has 1 aromatic rings. The van der Waals surface area contributed by atoms with Gasteiger partial charge >= 0.3 is 5.97 Å². The van der Waals surface area contributed by atoms with Crippen LogP contribution in [-0.2, 0) is 19.2 Å². The lowest BCUT2D eigenvalue weighted by atomic mass is 9.97. The molecule has 1 heterocycles. The molecule has 0 saturated heterocycles. The number of aromatic nitrogens is 3. The summed E-state index contributed by atoms with van der Waals surface area (Å²) in [5.74, 6) is -3.69. The molecule has 0 fully saturated rings. The number of carbonyl (C=O) groups is 4. The molecule has 13 nitrogen and oxygen atoms in total. The molecule has 0 unspecified atom stereocenters. The Kier molecular flexibility index (Phi) is 12.5. The number of aryl methyl sites for hydroxylation is 1. The molecule has 210 valence electrons. The van der Waals surface area contributed by atoms with Crippen molar-refractivity contribution in [3.63, 3.8) is 0 Å². The third-order valence-electron chi connectivity index (χ3n) is 6.01. The van der Waals surface area contributed by atoms with Crippen LogP contribution in [0.3, 0.4) is 0 Å². The quantitative estimate of drug-likeness (QED) is 0.185. The third-order valence-corrected chi connectivity index (χ3v) is 6.01. The van der Waals surface area contributed by atoms with Crippen LogP contribution in [0.5, 0.6) is 0 Å². The van der Waals surface area contributed by atoms with Crippen molar-refractivity contribution in [2.24, 2.45) is 17.8 Å². The number of rotatable bonds is 15. The first kappa shape index (κ1) is 31.8. The molecule has 0 radical (unpaired) electrons. The van der Waals surface area contributed by atoms with Crippen LogP contribution in [0.2, 0.25) is 0 Å². The van der Waals surface area contributed by atoms with Crippen molar-refractivity contribution in [1.82, 2.24) is 31.1 Å². The van der Waals surface area contributed by atoms with Gasteiger partial charge in [-0.3, -0.25) is 19.8 Å². The highest BCUT2D eigenvalue weighted by Gasteiger charge is 2.34. The maximum Gasteiger partial charge on any atom is 0.326 e. The maximum absolute atomic E-state index is 13.3. The van der Waals surface area contributed by atoms with Crippen LogP contribution in [0, 0.1) is 24.7 Å². The number of nitrogens with zero attached hydrogens (tertiary/aromatic N) is 3. The van der Waals surface area contributed by atoms with Gasteiger partial charge in [0.2, 0.25) is 17.7 Å². The third kappa shape index (κ3) is 9.98. The number of hydrogen-bond donors (Lipinski definition) is 6. The fraction of sp³-hybridized carbons (Fsp3) is 0.750. The number of aliphatic hydroxyl groups excluding tert-OH is 1. The van der Waals surface area contributed by atoms with Crippen molar-refractivity contribution in [3.8, 4) is 0 Å². The van der Waals surface area contributed by atoms with Gasteiger partial charge in [0.15, 0.2) is 0 Å². The van der Waals surface area contributed by atoms with Gasteiger partial charge in [-0.25, -0.2) is 4.79 Å². The molecule has 6 atom stereocenters. The summed E-state index contributed by atoms with van der Waals surface area (Å²) in [5.41, 5.74) is 3.67. The molecule has 0 aliphatic rings. The van der Waals surface area contributed by atoms with Gasteiger partial charge in [0, 0.05) is 0 Å². The summed E-state index contributed by atoms with van der Waals surface area (Å²) < 4.78 is 0. The number of aliphatic hydroxyl groups is 1. The molecule has 0 aliphatic carbocycles. The Morgan fingerprint density at radius 3 is 1.92 bits per heavy atom. The summed E-state index contributed by atoms with van der Waals surface area (Å²) in [6, 6.07) is -4.35. The molecule has 0 saturated carbocycles. The van der Waals surface area contributed by atoms with E-state index in [0.29, 0.717) is 12.1 Å². The van der Waals surface area contributed by atoms with Gasteiger partial charge in [-0.1, -0.05) is 48.0 Å². The highest BCUT2D eigenvalue weighted by molar-refractivity contribution is 5.94. The first-order chi connectivity index (χ1) is 17.2. The topological polar surface area (TPSA) is 188 Å². The highest BCUT2D eigenvalue weighted by atomic mass is 16.4. The predicted octanol–water partition coefficient (Wildman–Crippen LogP) is 0.167. The molecule has 37 heavy (non-hydrogen) atoms. The molecule has 13 heteroatoms. The lowest BCUT2D eigenvalue weighted by molar-refractivity contribution is -0.144. The van der Waals surface area contributed by atoms with Gasteiger partial charge in [-0.05, 0) is 43.2 Å². The monoisotopic (exact) mass is 525 g/mol. The SMILES string of the molecule is CC[C@H](C)[C@H](Nn1cc(C)nn1)C(=O)N[C@@H](CC(C)C)C(=O)N[C@H](C(=O)N[C@H](C(=O)O)C(C)C)[C@@H](C)O. The summed E-state index contributed by atoms with van der Waals surface area (Å²) in [6.07, 6.45) is 1.26. The Hall–Kier alpha value is -3.22. The average molecular weight is 526 g/mol. The van der Waals surface area contributed by atoms with Gasteiger partial charge in [0.05, 0.1) is 18.0 Å². The van der Waals surface area contributed by atoms with Crippen molar-refractivity contribution in [2.45, 2.75) is 98.5 Å². The van der Waals surface area contributed by atoms with Crippen LogP contribution in [0.25, 0.3) is 0 Å². The van der Waals surface area contributed by atoms with E-state index >= 15 is 0 Å². The number of carboxylic acid groups (broad SMARTS) is 1. The van der Waals surface area contributed by atoms with Crippen molar-refractivity contribution in [1.29, 1.82) is 0 Å². The van der Waals surface area contributed by atoms with E-state index in [1.54, 1.807) is 27.0 Å². The van der Waals surface area contributed by atoms with Crippen molar-refractivity contribution < 1.29 is 29.4 Å². The molecular formula is C24H43N7O6. The summed E-state index contributed by atoms with van der Waals surface area (Å²) in [4.78, 5) is 52.1. The minimum atomic E-state index is -1.42. The van der Waals surface area contributed by atoms with Crippen LogP contribution in [0.15, 0.2) is 6.20 Å². The Morgan fingerprint density at radius 1 is 0.919 bits per heavy atom. The van der Waals surface area contributed by atoms with E-state index in [2.05, 4.69) is 31.7 Å². The van der Waals surface area contributed by atoms with Gasteiger partial charge in [-0.15, -0.1) is 5.10 Å². The second-order valence-corrected chi connectivity index (χ2v) is 10.3. The Labute approximate surface area is 218 Å². The van der Waals surface area contributed by atoms with Crippen LogP contribution in [0.1, 0.15) is 67.0 Å². The standard InChI is InChI=1S/C24H43N7O6/c1-9-14(6)19(29-31-11-15(7)28-30-31)22(34)25-17(10-12(2)3)21(33)27-20(16(8)32)23(35)26-18(13(4)5)24(36)37/h11-14,16-20,29,32H,9-10H2,1-8H3,(H,25,34)(H,26,35)(H,27,33)(H,36,37)/t14-,16+,17-,18-,19-,20-/m0/s1. The van der Waals surface area contributed by atoms with E-state index in [0.717, 1.165) is 0 Å². The lowest BCUT2D eigenvalue weighted by Crippen LogP contribution is -2.60. The lowest BCUT2D eigenvalue weighted by Gasteiger charge is -2.29. The fourth-order valence-corrected chi connectivity index (χ4v) is 3.61. The number of carboxylic acids is 1. The molecule has 0 spiro atoms. The number of aliphatic carboxylic acids is 1. The average Bonchev–Trinajstić information content (AvgIpc) is 3.21. The molecule has 0 bridgehead atoms. The largest absolute Gasteiger partial charge is 0.480 e. The second-order valence-electron chi connectivity index (χ2n) is 10.3. The zero-order valence-corrected chi connectivity index (χ0v) is 23.0. The van der Waals surface area contributed by atoms with E-state index in [1.807, 2.05) is 27.7 Å². The fourth-order valence-electron chi connectivity index (χ4n) is 3.61. The van der Waals surface area contributed by atoms with Gasteiger partial charge in [0.1, 0.15) is 24.2 Å². The van der Waals surface area contributed by atoms with Gasteiger partial charge < -0.3 is 26.2 Å². The molecule has 1 aromatic heterocycles. The summed E-state index contributed by atoms with van der Waals surface area (Å²) in [7, 11) is 0. The Bertz CT molecular complexity index is 917. The van der Waals surface area contributed by atoms with Crippen molar-refractivity contribution in [3.05, 3.63) is 11.9 Å². The van der Waals surface area contributed by atoms with Crippen molar-refractivity contribution in [2.75, 3.05) is 5.43 Å². The smallest absolute Gasteiger partial charge is 0.326 e. The highest BCUT2D eigenvalue weighted by Crippen LogP contribution is 2.12. The first-order valence-electron chi connectivity index (χ1n) is 12.6. The van der Waals surface area contributed by atoms with Crippen LogP contribution >= 0.6 is 0 Å². The minimum absolute atomic E-state index is 0.0141. The van der Waals surface area contributed by atoms with E-state index in [1.165, 1.54) is 11.7 Å². The molecular weight excluding hydrogens is 482 g/mol. The van der Waals surface area contributed by atoms with E-state index in [4.69, 9.17) is 0 Å². The van der Waals surface area contributed by atoms with E-state index in [-0.39, 0.29) is 18.3 Å². The number of amides is 3. The zero-order chi connectivity index (χ0) is 28.4. The minimum Gasteiger partial charge on any atom is -0.480 e. The molecule has 0 aliphatic heterocycles. The van der Waals surface area contributed by atoms with Crippen LogP contribution in [-0.4, -0.2) is 79.3 Å². The normalized spacial score (nSPS) is 16.3. The summed E-state index contributed by atoms with van der Waals surface area (Å²) in [6.45, 7) is 13.9. The van der Waals surface area contributed by atoms with E-state index in [9.17, 15) is 29.4 Å². The van der Waals surface area contributed by atoms with E-state index < -0.39 is 59.9 Å². The Morgan fingerprint density at radius 2 is 1.49 bits per heavy atom. The maximum atomic E-state index is 13.3. The van der Waals surface area contributed by atoms with Crippen molar-refractivity contribution >= 4 is 23.7 Å². The molecule has 3 amide bonds. The van der Waals surface area contributed by atoms with Gasteiger partial charge in [-0.2, -0.15) is 4.79 Å². The van der Waals surface area contributed by atoms with Crippen LogP contribution < -0.4 is 21.4 Å².